The number of sulfonamides is 1. The van der Waals surface area contributed by atoms with Crippen LogP contribution in [0.15, 0.2) is 23.1 Å². The van der Waals surface area contributed by atoms with Gasteiger partial charge in [0.2, 0.25) is 10.0 Å². The summed E-state index contributed by atoms with van der Waals surface area (Å²) in [5.41, 5.74) is 0.966. The van der Waals surface area contributed by atoms with E-state index in [-0.39, 0.29) is 16.8 Å². The fourth-order valence-electron chi connectivity index (χ4n) is 1.39. The molecule has 1 rings (SSSR count). The van der Waals surface area contributed by atoms with E-state index in [1.54, 1.807) is 13.0 Å². The summed E-state index contributed by atoms with van der Waals surface area (Å²) in [6.45, 7) is 5.36. The van der Waals surface area contributed by atoms with Gasteiger partial charge in [-0.05, 0) is 44.5 Å². The minimum Gasteiger partial charge on any atom is -0.350 e. The van der Waals surface area contributed by atoms with Gasteiger partial charge in [0.1, 0.15) is 0 Å². The van der Waals surface area contributed by atoms with E-state index in [0.717, 1.165) is 0 Å². The number of aryl methyl sites for hydroxylation is 1. The molecule has 6 heteroatoms. The van der Waals surface area contributed by atoms with Crippen LogP contribution < -0.4 is 10.5 Å². The summed E-state index contributed by atoms with van der Waals surface area (Å²) in [6.07, 6.45) is 0. The van der Waals surface area contributed by atoms with Crippen LogP contribution in [0, 0.1) is 6.92 Å². The fourth-order valence-corrected chi connectivity index (χ4v) is 2.03. The van der Waals surface area contributed by atoms with E-state index in [9.17, 15) is 13.2 Å². The summed E-state index contributed by atoms with van der Waals surface area (Å²) in [7, 11) is -3.79. The number of carbonyl (C=O) groups excluding carboxylic acids is 1. The van der Waals surface area contributed by atoms with Gasteiger partial charge in [0, 0.05) is 11.6 Å². The number of benzene rings is 1. The van der Waals surface area contributed by atoms with Crippen molar-refractivity contribution in [1.29, 1.82) is 0 Å². The number of primary sulfonamides is 1. The minimum atomic E-state index is -3.79. The van der Waals surface area contributed by atoms with Crippen molar-refractivity contribution < 1.29 is 13.2 Å². The first-order chi connectivity index (χ1) is 7.70. The van der Waals surface area contributed by atoms with Gasteiger partial charge in [-0.15, -0.1) is 0 Å². The summed E-state index contributed by atoms with van der Waals surface area (Å²) in [4.78, 5) is 11.7. The largest absolute Gasteiger partial charge is 0.350 e. The first-order valence-corrected chi connectivity index (χ1v) is 6.70. The van der Waals surface area contributed by atoms with Gasteiger partial charge in [-0.2, -0.15) is 0 Å². The van der Waals surface area contributed by atoms with Gasteiger partial charge >= 0.3 is 0 Å². The summed E-state index contributed by atoms with van der Waals surface area (Å²) in [5, 5.41) is 7.73. The molecule has 0 saturated carbocycles. The number of nitrogens with one attached hydrogen (secondary N) is 1. The van der Waals surface area contributed by atoms with Crippen LogP contribution in [-0.4, -0.2) is 20.4 Å². The van der Waals surface area contributed by atoms with Crippen molar-refractivity contribution in [1.82, 2.24) is 5.32 Å². The molecule has 0 atom stereocenters. The smallest absolute Gasteiger partial charge is 0.251 e. The van der Waals surface area contributed by atoms with E-state index in [0.29, 0.717) is 11.1 Å². The van der Waals surface area contributed by atoms with Gasteiger partial charge in [0.05, 0.1) is 4.90 Å². The Morgan fingerprint density at radius 1 is 1.29 bits per heavy atom. The Morgan fingerprint density at radius 2 is 1.88 bits per heavy atom. The second-order valence-corrected chi connectivity index (χ2v) is 5.77. The van der Waals surface area contributed by atoms with Crippen LogP contribution in [0.25, 0.3) is 0 Å². The SMILES string of the molecule is Cc1cc(C(=O)NC(C)C)cc(S(N)(=O)=O)c1. The van der Waals surface area contributed by atoms with Crippen molar-refractivity contribution in [3.63, 3.8) is 0 Å². The highest BCUT2D eigenvalue weighted by molar-refractivity contribution is 7.89. The van der Waals surface area contributed by atoms with E-state index in [1.807, 2.05) is 13.8 Å². The normalized spacial score (nSPS) is 11.6. The Labute approximate surface area is 101 Å². The molecule has 0 spiro atoms. The number of hydrogen-bond acceptors (Lipinski definition) is 3. The first-order valence-electron chi connectivity index (χ1n) is 5.15. The molecule has 0 radical (unpaired) electrons. The lowest BCUT2D eigenvalue weighted by molar-refractivity contribution is 0.0943. The third kappa shape index (κ3) is 3.83. The van der Waals surface area contributed by atoms with E-state index >= 15 is 0 Å². The van der Waals surface area contributed by atoms with Crippen LogP contribution in [0.1, 0.15) is 29.8 Å². The molecule has 0 aliphatic rings. The average molecular weight is 256 g/mol. The zero-order chi connectivity index (χ0) is 13.2. The van der Waals surface area contributed by atoms with Gasteiger partial charge < -0.3 is 5.32 Å². The predicted octanol–water partition coefficient (Wildman–Crippen LogP) is 0.781. The van der Waals surface area contributed by atoms with Crippen LogP contribution in [0.3, 0.4) is 0 Å². The lowest BCUT2D eigenvalue weighted by Gasteiger charge is -2.10. The van der Waals surface area contributed by atoms with Crippen molar-refractivity contribution >= 4 is 15.9 Å². The van der Waals surface area contributed by atoms with Gasteiger partial charge in [-0.3, -0.25) is 4.79 Å². The molecule has 94 valence electrons. The van der Waals surface area contributed by atoms with Crippen LogP contribution in [-0.2, 0) is 10.0 Å². The van der Waals surface area contributed by atoms with Crippen molar-refractivity contribution in [2.45, 2.75) is 31.7 Å². The third-order valence-electron chi connectivity index (χ3n) is 2.06. The van der Waals surface area contributed by atoms with Gasteiger partial charge in [-0.1, -0.05) is 0 Å². The number of carbonyl (C=O) groups is 1. The van der Waals surface area contributed by atoms with Crippen molar-refractivity contribution in [2.24, 2.45) is 5.14 Å². The van der Waals surface area contributed by atoms with Crippen LogP contribution in [0.4, 0.5) is 0 Å². The molecule has 1 aromatic rings. The molecular weight excluding hydrogens is 240 g/mol. The molecule has 0 saturated heterocycles. The van der Waals surface area contributed by atoms with Gasteiger partial charge in [0.25, 0.3) is 5.91 Å². The molecule has 5 nitrogen and oxygen atoms in total. The number of hydrogen-bond donors (Lipinski definition) is 2. The van der Waals surface area contributed by atoms with Crippen LogP contribution in [0.5, 0.6) is 0 Å². The van der Waals surface area contributed by atoms with Crippen LogP contribution in [0.2, 0.25) is 0 Å². The van der Waals surface area contributed by atoms with Crippen molar-refractivity contribution in [2.75, 3.05) is 0 Å². The predicted molar refractivity (Wildman–Crippen MR) is 65.2 cm³/mol. The molecule has 3 N–H and O–H groups in total. The highest BCUT2D eigenvalue weighted by Crippen LogP contribution is 2.13. The number of amides is 1. The molecule has 0 fully saturated rings. The second kappa shape index (κ2) is 4.85. The summed E-state index contributed by atoms with van der Waals surface area (Å²) in [6, 6.07) is 4.31. The lowest BCUT2D eigenvalue weighted by Crippen LogP contribution is -2.30. The highest BCUT2D eigenvalue weighted by atomic mass is 32.2. The zero-order valence-corrected chi connectivity index (χ0v) is 10.8. The molecular formula is C11H16N2O3S. The number of rotatable bonds is 3. The van der Waals surface area contributed by atoms with Crippen LogP contribution >= 0.6 is 0 Å². The van der Waals surface area contributed by atoms with E-state index < -0.39 is 10.0 Å². The summed E-state index contributed by atoms with van der Waals surface area (Å²) >= 11 is 0. The molecule has 0 aromatic heterocycles. The first kappa shape index (κ1) is 13.7. The lowest BCUT2D eigenvalue weighted by atomic mass is 10.1. The topological polar surface area (TPSA) is 89.3 Å². The molecule has 0 aliphatic carbocycles. The molecule has 1 amide bonds. The van der Waals surface area contributed by atoms with Gasteiger partial charge in [-0.25, -0.2) is 13.6 Å². The maximum atomic E-state index is 11.7. The van der Waals surface area contributed by atoms with E-state index in [4.69, 9.17) is 5.14 Å². The molecule has 0 bridgehead atoms. The molecule has 0 aliphatic heterocycles. The minimum absolute atomic E-state index is 0.0130. The Morgan fingerprint density at radius 3 is 2.35 bits per heavy atom. The van der Waals surface area contributed by atoms with Gasteiger partial charge in [0.15, 0.2) is 0 Å². The third-order valence-corrected chi connectivity index (χ3v) is 2.95. The average Bonchev–Trinajstić information content (AvgIpc) is 2.14. The fraction of sp³-hybridized carbons (Fsp3) is 0.364. The highest BCUT2D eigenvalue weighted by Gasteiger charge is 2.13. The summed E-state index contributed by atoms with van der Waals surface area (Å²) in [5.74, 6) is -0.311. The monoisotopic (exact) mass is 256 g/mol. The molecule has 0 heterocycles. The Balaban J connectivity index is 3.19. The standard InChI is InChI=1S/C11H16N2O3S/c1-7(2)13-11(14)9-4-8(3)5-10(6-9)17(12,15)16/h4-7H,1-3H3,(H,13,14)(H2,12,15,16). The van der Waals surface area contributed by atoms with E-state index in [2.05, 4.69) is 5.32 Å². The Bertz CT molecular complexity index is 536. The van der Waals surface area contributed by atoms with E-state index in [1.165, 1.54) is 12.1 Å². The molecule has 17 heavy (non-hydrogen) atoms. The zero-order valence-electron chi connectivity index (χ0n) is 10.0. The van der Waals surface area contributed by atoms with Crippen molar-refractivity contribution in [3.05, 3.63) is 29.3 Å². The molecule has 0 unspecified atom stereocenters. The second-order valence-electron chi connectivity index (χ2n) is 4.21. The maximum absolute atomic E-state index is 11.7. The Kier molecular flexibility index (Phi) is 3.90. The maximum Gasteiger partial charge on any atom is 0.251 e. The van der Waals surface area contributed by atoms with Crippen molar-refractivity contribution in [3.8, 4) is 0 Å². The quantitative estimate of drug-likeness (QED) is 0.837. The number of nitrogens with two attached hydrogens (primary N) is 1. The molecule has 1 aromatic carbocycles. The Hall–Kier alpha value is -1.40. The summed E-state index contributed by atoms with van der Waals surface area (Å²) < 4.78 is 22.5.